The summed E-state index contributed by atoms with van der Waals surface area (Å²) in [5.41, 5.74) is 9.78. The predicted molar refractivity (Wildman–Crippen MR) is 84.9 cm³/mol. The molecule has 2 aromatic rings. The van der Waals surface area contributed by atoms with E-state index in [0.29, 0.717) is 5.92 Å². The van der Waals surface area contributed by atoms with Crippen LogP contribution in [0.15, 0.2) is 30.3 Å². The van der Waals surface area contributed by atoms with E-state index in [1.807, 2.05) is 0 Å². The number of rotatable bonds is 2. The van der Waals surface area contributed by atoms with Gasteiger partial charge in [0.25, 0.3) is 0 Å². The summed E-state index contributed by atoms with van der Waals surface area (Å²) in [7, 11) is 0. The number of hydrogen-bond acceptors (Lipinski definition) is 0. The molecule has 0 atom stereocenters. The van der Waals surface area contributed by atoms with Crippen LogP contribution in [0.3, 0.4) is 0 Å². The molecule has 100 valence electrons. The third-order valence-electron chi connectivity index (χ3n) is 3.94. The van der Waals surface area contributed by atoms with Crippen LogP contribution in [-0.4, -0.2) is 0 Å². The van der Waals surface area contributed by atoms with Crippen LogP contribution in [0.5, 0.6) is 0 Å². The van der Waals surface area contributed by atoms with Crippen molar-refractivity contribution in [3.8, 4) is 11.1 Å². The lowest BCUT2D eigenvalue weighted by Crippen LogP contribution is -1.98. The predicted octanol–water partition coefficient (Wildman–Crippen LogP) is 5.71. The molecule has 0 unspecified atom stereocenters. The van der Waals surface area contributed by atoms with Gasteiger partial charge in [-0.05, 0) is 72.6 Å². The Labute approximate surface area is 117 Å². The van der Waals surface area contributed by atoms with Gasteiger partial charge in [-0.25, -0.2) is 0 Å². The fourth-order valence-corrected chi connectivity index (χ4v) is 3.30. The van der Waals surface area contributed by atoms with Gasteiger partial charge >= 0.3 is 0 Å². The Morgan fingerprint density at radius 2 is 1.21 bits per heavy atom. The first-order chi connectivity index (χ1) is 8.91. The highest BCUT2D eigenvalue weighted by Gasteiger charge is 2.11. The van der Waals surface area contributed by atoms with E-state index >= 15 is 0 Å². The quantitative estimate of drug-likeness (QED) is 0.642. The Bertz CT molecular complexity index is 560. The minimum absolute atomic E-state index is 0.590. The van der Waals surface area contributed by atoms with Crippen LogP contribution in [0.4, 0.5) is 0 Å². The average Bonchev–Trinajstić information content (AvgIpc) is 2.26. The first-order valence-electron chi connectivity index (χ1n) is 7.09. The molecule has 0 aliphatic rings. The highest BCUT2D eigenvalue weighted by atomic mass is 14.2. The normalized spacial score (nSPS) is 11.1. The Balaban J connectivity index is 2.66. The Kier molecular flexibility index (Phi) is 3.80. The summed E-state index contributed by atoms with van der Waals surface area (Å²) in [4.78, 5) is 0. The van der Waals surface area contributed by atoms with E-state index in [4.69, 9.17) is 0 Å². The van der Waals surface area contributed by atoms with Crippen molar-refractivity contribution in [2.45, 2.75) is 47.5 Å². The van der Waals surface area contributed by atoms with E-state index in [1.165, 1.54) is 38.9 Å². The van der Waals surface area contributed by atoms with Gasteiger partial charge in [-0.3, -0.25) is 0 Å². The van der Waals surface area contributed by atoms with Gasteiger partial charge in [0.15, 0.2) is 0 Å². The second kappa shape index (κ2) is 5.21. The van der Waals surface area contributed by atoms with Crippen molar-refractivity contribution in [1.82, 2.24) is 0 Å². The monoisotopic (exact) mass is 252 g/mol. The van der Waals surface area contributed by atoms with Crippen LogP contribution in [0, 0.1) is 27.7 Å². The van der Waals surface area contributed by atoms with Crippen molar-refractivity contribution < 1.29 is 0 Å². The standard InChI is InChI=1S/C19H24/c1-12(2)18-15(5)10-17(11-16(18)6)19-13(3)8-7-9-14(19)4/h7-12H,1-6H3. The van der Waals surface area contributed by atoms with Crippen LogP contribution in [-0.2, 0) is 0 Å². The van der Waals surface area contributed by atoms with Crippen molar-refractivity contribution in [2.24, 2.45) is 0 Å². The van der Waals surface area contributed by atoms with Gasteiger partial charge in [-0.1, -0.05) is 44.2 Å². The summed E-state index contributed by atoms with van der Waals surface area (Å²) in [6.45, 7) is 13.4. The van der Waals surface area contributed by atoms with E-state index in [1.54, 1.807) is 0 Å². The number of aryl methyl sites for hydroxylation is 4. The molecule has 0 amide bonds. The van der Waals surface area contributed by atoms with Crippen molar-refractivity contribution in [3.63, 3.8) is 0 Å². The van der Waals surface area contributed by atoms with Gasteiger partial charge in [0.2, 0.25) is 0 Å². The van der Waals surface area contributed by atoms with Crippen molar-refractivity contribution in [3.05, 3.63) is 58.1 Å². The SMILES string of the molecule is Cc1cccc(C)c1-c1cc(C)c(C(C)C)c(C)c1. The minimum Gasteiger partial charge on any atom is -0.0617 e. The Morgan fingerprint density at radius 1 is 0.737 bits per heavy atom. The molecule has 0 saturated carbocycles. The molecular weight excluding hydrogens is 228 g/mol. The van der Waals surface area contributed by atoms with Crippen LogP contribution in [0.25, 0.3) is 11.1 Å². The number of benzene rings is 2. The molecule has 0 saturated heterocycles. The Morgan fingerprint density at radius 3 is 1.63 bits per heavy atom. The van der Waals surface area contributed by atoms with Crippen LogP contribution < -0.4 is 0 Å². The second-order valence-corrected chi connectivity index (χ2v) is 5.95. The van der Waals surface area contributed by atoms with Gasteiger partial charge < -0.3 is 0 Å². The summed E-state index contributed by atoms with van der Waals surface area (Å²) in [5, 5.41) is 0. The molecule has 0 radical (unpaired) electrons. The lowest BCUT2D eigenvalue weighted by atomic mass is 9.87. The zero-order valence-corrected chi connectivity index (χ0v) is 13.0. The van der Waals surface area contributed by atoms with Gasteiger partial charge in [-0.15, -0.1) is 0 Å². The van der Waals surface area contributed by atoms with Crippen molar-refractivity contribution in [2.75, 3.05) is 0 Å². The Hall–Kier alpha value is -1.56. The summed E-state index contributed by atoms with van der Waals surface area (Å²) in [6, 6.07) is 11.2. The minimum atomic E-state index is 0.590. The number of hydrogen-bond donors (Lipinski definition) is 0. The van der Waals surface area contributed by atoms with Crippen molar-refractivity contribution >= 4 is 0 Å². The largest absolute Gasteiger partial charge is 0.0617 e. The molecule has 0 fully saturated rings. The third kappa shape index (κ3) is 2.58. The molecule has 2 aromatic carbocycles. The van der Waals surface area contributed by atoms with Gasteiger partial charge in [0.1, 0.15) is 0 Å². The zero-order chi connectivity index (χ0) is 14.2. The smallest absolute Gasteiger partial charge is 0.0125 e. The summed E-state index contributed by atoms with van der Waals surface area (Å²) >= 11 is 0. The molecule has 0 spiro atoms. The van der Waals surface area contributed by atoms with Gasteiger partial charge in [-0.2, -0.15) is 0 Å². The molecule has 0 N–H and O–H groups in total. The van der Waals surface area contributed by atoms with Gasteiger partial charge in [0, 0.05) is 0 Å². The molecule has 0 bridgehead atoms. The maximum absolute atomic E-state index is 2.34. The van der Waals surface area contributed by atoms with E-state index < -0.39 is 0 Å². The highest BCUT2D eigenvalue weighted by molar-refractivity contribution is 5.72. The lowest BCUT2D eigenvalue weighted by Gasteiger charge is -2.17. The molecule has 19 heavy (non-hydrogen) atoms. The molecule has 2 rings (SSSR count). The van der Waals surface area contributed by atoms with E-state index in [9.17, 15) is 0 Å². The zero-order valence-electron chi connectivity index (χ0n) is 13.0. The molecule has 0 heteroatoms. The molecule has 0 aromatic heterocycles. The highest BCUT2D eigenvalue weighted by Crippen LogP contribution is 2.32. The fraction of sp³-hybridized carbons (Fsp3) is 0.368. The maximum atomic E-state index is 2.34. The molecule has 0 aliphatic heterocycles. The molecular formula is C19H24. The maximum Gasteiger partial charge on any atom is -0.0125 e. The topological polar surface area (TPSA) is 0 Å². The van der Waals surface area contributed by atoms with Crippen LogP contribution in [0.1, 0.15) is 47.6 Å². The second-order valence-electron chi connectivity index (χ2n) is 5.95. The molecule has 0 aliphatic carbocycles. The van der Waals surface area contributed by atoms with E-state index in [2.05, 4.69) is 71.9 Å². The summed E-state index contributed by atoms with van der Waals surface area (Å²) < 4.78 is 0. The lowest BCUT2D eigenvalue weighted by molar-refractivity contribution is 0.846. The average molecular weight is 252 g/mol. The van der Waals surface area contributed by atoms with E-state index in [-0.39, 0.29) is 0 Å². The molecule has 0 heterocycles. The third-order valence-corrected chi connectivity index (χ3v) is 3.94. The van der Waals surface area contributed by atoms with E-state index in [0.717, 1.165) is 0 Å². The van der Waals surface area contributed by atoms with Crippen molar-refractivity contribution in [1.29, 1.82) is 0 Å². The summed E-state index contributed by atoms with van der Waals surface area (Å²) in [5.74, 6) is 0.590. The van der Waals surface area contributed by atoms with Crippen LogP contribution in [0.2, 0.25) is 0 Å². The first-order valence-corrected chi connectivity index (χ1v) is 7.09. The van der Waals surface area contributed by atoms with Gasteiger partial charge in [0.05, 0.1) is 0 Å². The fourth-order valence-electron chi connectivity index (χ4n) is 3.30. The van der Waals surface area contributed by atoms with Crippen LogP contribution >= 0.6 is 0 Å². The first kappa shape index (κ1) is 13.9. The summed E-state index contributed by atoms with van der Waals surface area (Å²) in [6.07, 6.45) is 0. The molecule has 0 nitrogen and oxygen atoms in total.